The first-order valence-corrected chi connectivity index (χ1v) is 9.31. The number of nitriles is 1. The van der Waals surface area contributed by atoms with E-state index < -0.39 is 0 Å². The molecule has 2 amide bonds. The zero-order valence-corrected chi connectivity index (χ0v) is 15.6. The first kappa shape index (κ1) is 19.5. The minimum atomic E-state index is -0.206. The normalized spacial score (nSPS) is 10.2. The second-order valence-corrected chi connectivity index (χ2v) is 7.12. The van der Waals surface area contributed by atoms with Gasteiger partial charge in [-0.1, -0.05) is 12.1 Å². The second-order valence-electron chi connectivity index (χ2n) is 5.96. The molecule has 0 heterocycles. The number of nitrogens with one attached hydrogen (secondary N) is 2. The first-order chi connectivity index (χ1) is 12.5. The number of carbonyl (C=O) groups is 2. The predicted octanol–water partition coefficient (Wildman–Crippen LogP) is 3.82. The minimum Gasteiger partial charge on any atom is -0.350 e. The van der Waals surface area contributed by atoms with Crippen LogP contribution in [0.4, 0.5) is 5.69 Å². The zero-order chi connectivity index (χ0) is 18.9. The number of hydrogen-bond acceptors (Lipinski definition) is 4. The number of para-hydroxylation sites is 1. The number of benzene rings is 2. The van der Waals surface area contributed by atoms with Crippen molar-refractivity contribution in [3.8, 4) is 6.07 Å². The van der Waals surface area contributed by atoms with E-state index in [1.165, 1.54) is 0 Å². The lowest BCUT2D eigenvalue weighted by Crippen LogP contribution is -2.31. The van der Waals surface area contributed by atoms with Crippen molar-refractivity contribution in [3.63, 3.8) is 0 Å². The van der Waals surface area contributed by atoms with Crippen LogP contribution in [0.15, 0.2) is 53.4 Å². The van der Waals surface area contributed by atoms with Crippen molar-refractivity contribution in [2.45, 2.75) is 31.2 Å². The van der Waals surface area contributed by atoms with Gasteiger partial charge in [-0.25, -0.2) is 0 Å². The quantitative estimate of drug-likeness (QED) is 0.729. The molecule has 26 heavy (non-hydrogen) atoms. The van der Waals surface area contributed by atoms with Crippen LogP contribution in [0.3, 0.4) is 0 Å². The van der Waals surface area contributed by atoms with E-state index in [9.17, 15) is 9.59 Å². The molecule has 0 aliphatic carbocycles. The Bertz CT molecular complexity index is 811. The molecule has 0 radical (unpaired) electrons. The van der Waals surface area contributed by atoms with Gasteiger partial charge in [-0.3, -0.25) is 9.59 Å². The molecule has 0 aromatic heterocycles. The largest absolute Gasteiger partial charge is 0.350 e. The van der Waals surface area contributed by atoms with Crippen LogP contribution in [0.5, 0.6) is 0 Å². The van der Waals surface area contributed by atoms with Gasteiger partial charge in [-0.2, -0.15) is 5.26 Å². The number of thioether (sulfide) groups is 1. The van der Waals surface area contributed by atoms with E-state index in [-0.39, 0.29) is 17.9 Å². The first-order valence-electron chi connectivity index (χ1n) is 8.32. The van der Waals surface area contributed by atoms with E-state index in [0.29, 0.717) is 29.0 Å². The number of hydrogen-bond donors (Lipinski definition) is 2. The molecule has 0 aliphatic heterocycles. The van der Waals surface area contributed by atoms with E-state index in [4.69, 9.17) is 5.26 Å². The standard InChI is InChI=1S/C20H21N3O2S/c1-14(2)22-20(25)17-5-3-4-6-18(17)23-19(24)11-12-26-16-9-7-15(13-21)8-10-16/h3-10,14H,11-12H2,1-2H3,(H,22,25)(H,23,24). The maximum atomic E-state index is 12.2. The highest BCUT2D eigenvalue weighted by Crippen LogP contribution is 2.20. The third-order valence-corrected chi connectivity index (χ3v) is 4.46. The lowest BCUT2D eigenvalue weighted by molar-refractivity contribution is -0.115. The summed E-state index contributed by atoms with van der Waals surface area (Å²) in [6.07, 6.45) is 0.324. The molecule has 2 rings (SSSR count). The number of nitrogens with zero attached hydrogens (tertiary/aromatic N) is 1. The maximum absolute atomic E-state index is 12.2. The summed E-state index contributed by atoms with van der Waals surface area (Å²) < 4.78 is 0. The Labute approximate surface area is 157 Å². The van der Waals surface area contributed by atoms with E-state index in [0.717, 1.165) is 4.90 Å². The zero-order valence-electron chi connectivity index (χ0n) is 14.8. The highest BCUT2D eigenvalue weighted by molar-refractivity contribution is 7.99. The van der Waals surface area contributed by atoms with Crippen LogP contribution < -0.4 is 10.6 Å². The van der Waals surface area contributed by atoms with Gasteiger partial charge < -0.3 is 10.6 Å². The van der Waals surface area contributed by atoms with E-state index >= 15 is 0 Å². The van der Waals surface area contributed by atoms with Gasteiger partial charge in [-0.05, 0) is 50.2 Å². The van der Waals surface area contributed by atoms with Crippen molar-refractivity contribution in [1.29, 1.82) is 5.26 Å². The summed E-state index contributed by atoms with van der Waals surface area (Å²) in [6, 6.07) is 16.3. The van der Waals surface area contributed by atoms with Crippen LogP contribution in [0.2, 0.25) is 0 Å². The van der Waals surface area contributed by atoms with Gasteiger partial charge >= 0.3 is 0 Å². The number of amides is 2. The fourth-order valence-corrected chi connectivity index (χ4v) is 3.08. The fourth-order valence-electron chi connectivity index (χ4n) is 2.23. The number of anilines is 1. The molecule has 0 fully saturated rings. The van der Waals surface area contributed by atoms with E-state index in [1.807, 2.05) is 26.0 Å². The van der Waals surface area contributed by atoms with Crippen LogP contribution in [0.25, 0.3) is 0 Å². The molecule has 0 aliphatic rings. The molecule has 0 saturated carbocycles. The molecule has 5 nitrogen and oxygen atoms in total. The molecule has 2 N–H and O–H groups in total. The average Bonchev–Trinajstić information content (AvgIpc) is 2.62. The van der Waals surface area contributed by atoms with Crippen LogP contribution in [0, 0.1) is 11.3 Å². The third kappa shape index (κ3) is 5.94. The van der Waals surface area contributed by atoms with E-state index in [2.05, 4.69) is 16.7 Å². The minimum absolute atomic E-state index is 0.0232. The fraction of sp³-hybridized carbons (Fsp3) is 0.250. The highest BCUT2D eigenvalue weighted by Gasteiger charge is 2.13. The summed E-state index contributed by atoms with van der Waals surface area (Å²) in [7, 11) is 0. The smallest absolute Gasteiger partial charge is 0.253 e. The molecule has 134 valence electrons. The Balaban J connectivity index is 1.89. The van der Waals surface area contributed by atoms with Crippen molar-refractivity contribution < 1.29 is 9.59 Å². The van der Waals surface area contributed by atoms with Gasteiger partial charge in [0.1, 0.15) is 0 Å². The lowest BCUT2D eigenvalue weighted by atomic mass is 10.1. The van der Waals surface area contributed by atoms with Crippen molar-refractivity contribution in [1.82, 2.24) is 5.32 Å². The van der Waals surface area contributed by atoms with Gasteiger partial charge in [0.2, 0.25) is 5.91 Å². The SMILES string of the molecule is CC(C)NC(=O)c1ccccc1NC(=O)CCSc1ccc(C#N)cc1. The van der Waals surface area contributed by atoms with Crippen molar-refractivity contribution in [2.75, 3.05) is 11.1 Å². The number of rotatable bonds is 7. The van der Waals surface area contributed by atoms with Gasteiger partial charge in [0.25, 0.3) is 5.91 Å². The number of carbonyl (C=O) groups excluding carboxylic acids is 2. The topological polar surface area (TPSA) is 82.0 Å². The molecule has 0 spiro atoms. The van der Waals surface area contributed by atoms with Crippen molar-refractivity contribution >= 4 is 29.3 Å². The Hall–Kier alpha value is -2.78. The summed E-state index contributed by atoms with van der Waals surface area (Å²) in [5.74, 6) is 0.261. The van der Waals surface area contributed by atoms with E-state index in [1.54, 1.807) is 48.2 Å². The Morgan fingerprint density at radius 3 is 2.46 bits per heavy atom. The molecule has 2 aromatic carbocycles. The third-order valence-electron chi connectivity index (χ3n) is 3.45. The average molecular weight is 367 g/mol. The molecule has 6 heteroatoms. The summed E-state index contributed by atoms with van der Waals surface area (Å²) in [5, 5.41) is 14.4. The maximum Gasteiger partial charge on any atom is 0.253 e. The molecule has 0 atom stereocenters. The van der Waals surface area contributed by atoms with Crippen molar-refractivity contribution in [3.05, 3.63) is 59.7 Å². The summed E-state index contributed by atoms with van der Waals surface area (Å²) in [6.45, 7) is 3.78. The summed E-state index contributed by atoms with van der Waals surface area (Å²) >= 11 is 1.55. The molecular weight excluding hydrogens is 346 g/mol. The highest BCUT2D eigenvalue weighted by atomic mass is 32.2. The molecule has 0 unspecified atom stereocenters. The van der Waals surface area contributed by atoms with Crippen molar-refractivity contribution in [2.24, 2.45) is 0 Å². The van der Waals surface area contributed by atoms with Crippen LogP contribution in [0.1, 0.15) is 36.2 Å². The summed E-state index contributed by atoms with van der Waals surface area (Å²) in [4.78, 5) is 25.4. The van der Waals surface area contributed by atoms with Gasteiger partial charge in [0, 0.05) is 23.1 Å². The Kier molecular flexibility index (Phi) is 7.24. The monoisotopic (exact) mass is 367 g/mol. The van der Waals surface area contributed by atoms with Crippen LogP contribution in [-0.4, -0.2) is 23.6 Å². The predicted molar refractivity (Wildman–Crippen MR) is 104 cm³/mol. The Morgan fingerprint density at radius 1 is 1.12 bits per heavy atom. The van der Waals surface area contributed by atoms with Crippen LogP contribution in [-0.2, 0) is 4.79 Å². The molecule has 0 bridgehead atoms. The van der Waals surface area contributed by atoms with Gasteiger partial charge in [0.15, 0.2) is 0 Å². The van der Waals surface area contributed by atoms with Gasteiger partial charge in [-0.15, -0.1) is 11.8 Å². The molecular formula is C20H21N3O2S. The lowest BCUT2D eigenvalue weighted by Gasteiger charge is -2.13. The molecule has 0 saturated heterocycles. The molecule has 2 aromatic rings. The van der Waals surface area contributed by atoms with Gasteiger partial charge in [0.05, 0.1) is 22.9 Å². The Morgan fingerprint density at radius 2 is 1.81 bits per heavy atom. The van der Waals surface area contributed by atoms with Crippen LogP contribution >= 0.6 is 11.8 Å². The summed E-state index contributed by atoms with van der Waals surface area (Å²) in [5.41, 5.74) is 1.58. The second kappa shape index (κ2) is 9.64.